The van der Waals surface area contributed by atoms with E-state index in [9.17, 15) is 9.18 Å². The van der Waals surface area contributed by atoms with Gasteiger partial charge in [-0.05, 0) is 72.9 Å². The van der Waals surface area contributed by atoms with Gasteiger partial charge in [-0.1, -0.05) is 36.4 Å². The summed E-state index contributed by atoms with van der Waals surface area (Å²) in [6, 6.07) is 23.5. The summed E-state index contributed by atoms with van der Waals surface area (Å²) in [5, 5.41) is 6.39. The number of anilines is 2. The fourth-order valence-electron chi connectivity index (χ4n) is 4.19. The van der Waals surface area contributed by atoms with E-state index in [4.69, 9.17) is 0 Å². The van der Waals surface area contributed by atoms with Gasteiger partial charge >= 0.3 is 0 Å². The molecule has 1 heterocycles. The van der Waals surface area contributed by atoms with Crippen molar-refractivity contribution in [1.29, 1.82) is 0 Å². The lowest BCUT2D eigenvalue weighted by molar-refractivity contribution is 0.0933. The summed E-state index contributed by atoms with van der Waals surface area (Å²) >= 11 is 0. The van der Waals surface area contributed by atoms with E-state index in [0.29, 0.717) is 22.8 Å². The molecule has 0 bridgehead atoms. The third-order valence-corrected chi connectivity index (χ3v) is 5.83. The van der Waals surface area contributed by atoms with Crippen LogP contribution in [0.25, 0.3) is 11.4 Å². The summed E-state index contributed by atoms with van der Waals surface area (Å²) in [6.07, 6.45) is 4.71. The Morgan fingerprint density at radius 2 is 1.82 bits per heavy atom. The highest BCUT2D eigenvalue weighted by Crippen LogP contribution is 2.29. The Hall–Kier alpha value is -4.06. The van der Waals surface area contributed by atoms with Crippen molar-refractivity contribution >= 4 is 17.4 Å². The third kappa shape index (κ3) is 4.75. The second kappa shape index (κ2) is 9.20. The molecule has 1 amide bonds. The molecule has 0 saturated carbocycles. The Kier molecular flexibility index (Phi) is 5.81. The molecule has 0 fully saturated rings. The lowest BCUT2D eigenvalue weighted by Gasteiger charge is -2.26. The van der Waals surface area contributed by atoms with Crippen molar-refractivity contribution in [2.45, 2.75) is 25.3 Å². The normalized spacial score (nSPS) is 14.9. The van der Waals surface area contributed by atoms with Crippen molar-refractivity contribution in [3.05, 3.63) is 108 Å². The van der Waals surface area contributed by atoms with Gasteiger partial charge in [0, 0.05) is 23.0 Å². The quantitative estimate of drug-likeness (QED) is 0.411. The van der Waals surface area contributed by atoms with Crippen molar-refractivity contribution in [3.8, 4) is 11.4 Å². The van der Waals surface area contributed by atoms with Crippen LogP contribution in [0.1, 0.15) is 40.4 Å². The molecule has 2 N–H and O–H groups in total. The maximum atomic E-state index is 13.5. The predicted molar refractivity (Wildman–Crippen MR) is 127 cm³/mol. The minimum atomic E-state index is -0.333. The number of carbonyl (C=O) groups is 1. The average Bonchev–Trinajstić information content (AvgIpc) is 2.85. The highest BCUT2D eigenvalue weighted by atomic mass is 19.1. The standard InChI is InChI=1S/C27H23FN4O/c28-21-8-3-7-20(17-21)26-29-16-15-25(32-26)30-22-13-11-19(12-14-22)27(33)31-24-10-4-6-18-5-1-2-9-23(18)24/h1-3,5,7-9,11-17,24H,4,6,10H2,(H,31,33)(H,29,30,32). The first-order valence-corrected chi connectivity index (χ1v) is 11.0. The molecule has 0 spiro atoms. The summed E-state index contributed by atoms with van der Waals surface area (Å²) in [5.74, 6) is 0.599. The summed E-state index contributed by atoms with van der Waals surface area (Å²) in [6.45, 7) is 0. The van der Waals surface area contributed by atoms with Crippen LogP contribution in [0.2, 0.25) is 0 Å². The van der Waals surface area contributed by atoms with Gasteiger partial charge in [0.05, 0.1) is 6.04 Å². The number of carbonyl (C=O) groups excluding carboxylic acids is 1. The van der Waals surface area contributed by atoms with Gasteiger partial charge in [0.2, 0.25) is 0 Å². The van der Waals surface area contributed by atoms with Crippen LogP contribution in [0, 0.1) is 5.82 Å². The topological polar surface area (TPSA) is 66.9 Å². The molecule has 164 valence electrons. The van der Waals surface area contributed by atoms with Crippen LogP contribution in [-0.4, -0.2) is 15.9 Å². The SMILES string of the molecule is O=C(NC1CCCc2ccccc21)c1ccc(Nc2ccnc(-c3cccc(F)c3)n2)cc1. The van der Waals surface area contributed by atoms with Gasteiger partial charge in [-0.2, -0.15) is 0 Å². The number of fused-ring (bicyclic) bond motifs is 1. The molecule has 1 unspecified atom stereocenters. The molecule has 4 aromatic rings. The zero-order valence-electron chi connectivity index (χ0n) is 18.0. The van der Waals surface area contributed by atoms with Crippen LogP contribution in [0.5, 0.6) is 0 Å². The van der Waals surface area contributed by atoms with E-state index in [0.717, 1.165) is 24.9 Å². The molecule has 6 heteroatoms. The van der Waals surface area contributed by atoms with Crippen LogP contribution in [0.15, 0.2) is 85.1 Å². The van der Waals surface area contributed by atoms with Crippen molar-refractivity contribution in [2.24, 2.45) is 0 Å². The summed E-state index contributed by atoms with van der Waals surface area (Å²) in [5.41, 5.74) is 4.53. The van der Waals surface area contributed by atoms with Gasteiger partial charge < -0.3 is 10.6 Å². The van der Waals surface area contributed by atoms with Gasteiger partial charge in [0.15, 0.2) is 5.82 Å². The number of rotatable bonds is 5. The van der Waals surface area contributed by atoms with E-state index in [1.165, 1.54) is 23.3 Å². The largest absolute Gasteiger partial charge is 0.345 e. The van der Waals surface area contributed by atoms with Gasteiger partial charge in [0.25, 0.3) is 5.91 Å². The van der Waals surface area contributed by atoms with Gasteiger partial charge in [-0.3, -0.25) is 4.79 Å². The Balaban J connectivity index is 1.27. The minimum absolute atomic E-state index is 0.0440. The van der Waals surface area contributed by atoms with Crippen LogP contribution in [0.4, 0.5) is 15.9 Å². The van der Waals surface area contributed by atoms with E-state index >= 15 is 0 Å². The monoisotopic (exact) mass is 438 g/mol. The number of nitrogens with one attached hydrogen (secondary N) is 2. The second-order valence-electron chi connectivity index (χ2n) is 8.10. The Labute approximate surface area is 191 Å². The van der Waals surface area contributed by atoms with E-state index in [-0.39, 0.29) is 17.8 Å². The Morgan fingerprint density at radius 3 is 2.67 bits per heavy atom. The number of amides is 1. The fourth-order valence-corrected chi connectivity index (χ4v) is 4.19. The zero-order chi connectivity index (χ0) is 22.6. The molecular formula is C27H23FN4O. The lowest BCUT2D eigenvalue weighted by Crippen LogP contribution is -2.30. The number of benzene rings is 3. The Bertz CT molecular complexity index is 1290. The average molecular weight is 439 g/mol. The molecule has 1 aromatic heterocycles. The first kappa shape index (κ1) is 20.8. The summed E-state index contributed by atoms with van der Waals surface area (Å²) in [7, 11) is 0. The molecule has 3 aromatic carbocycles. The first-order valence-electron chi connectivity index (χ1n) is 11.0. The second-order valence-corrected chi connectivity index (χ2v) is 8.10. The van der Waals surface area contributed by atoms with Crippen LogP contribution < -0.4 is 10.6 Å². The summed E-state index contributed by atoms with van der Waals surface area (Å²) in [4.78, 5) is 21.5. The number of aryl methyl sites for hydroxylation is 1. The van der Waals surface area contributed by atoms with E-state index in [1.54, 1.807) is 36.5 Å². The maximum Gasteiger partial charge on any atom is 0.251 e. The van der Waals surface area contributed by atoms with E-state index in [1.807, 2.05) is 24.3 Å². The lowest BCUT2D eigenvalue weighted by atomic mass is 9.87. The van der Waals surface area contributed by atoms with Crippen molar-refractivity contribution < 1.29 is 9.18 Å². The van der Waals surface area contributed by atoms with E-state index in [2.05, 4.69) is 32.7 Å². The number of nitrogens with zero attached hydrogens (tertiary/aromatic N) is 2. The molecule has 1 atom stereocenters. The molecule has 0 radical (unpaired) electrons. The molecule has 33 heavy (non-hydrogen) atoms. The molecule has 0 aliphatic heterocycles. The number of halogens is 1. The maximum absolute atomic E-state index is 13.5. The Morgan fingerprint density at radius 1 is 0.970 bits per heavy atom. The molecule has 0 saturated heterocycles. The number of aromatic nitrogens is 2. The van der Waals surface area contributed by atoms with Crippen LogP contribution >= 0.6 is 0 Å². The van der Waals surface area contributed by atoms with Crippen molar-refractivity contribution in [1.82, 2.24) is 15.3 Å². The molecule has 5 nitrogen and oxygen atoms in total. The van der Waals surface area contributed by atoms with Gasteiger partial charge in [0.1, 0.15) is 11.6 Å². The van der Waals surface area contributed by atoms with Gasteiger partial charge in [-0.25, -0.2) is 14.4 Å². The van der Waals surface area contributed by atoms with Gasteiger partial charge in [-0.15, -0.1) is 0 Å². The number of hydrogen-bond acceptors (Lipinski definition) is 4. The molecule has 1 aliphatic rings. The zero-order valence-corrected chi connectivity index (χ0v) is 18.0. The highest BCUT2D eigenvalue weighted by Gasteiger charge is 2.21. The van der Waals surface area contributed by atoms with E-state index < -0.39 is 0 Å². The first-order chi connectivity index (χ1) is 16.2. The fraction of sp³-hybridized carbons (Fsp3) is 0.148. The predicted octanol–water partition coefficient (Wildman–Crippen LogP) is 5.83. The number of hydrogen-bond donors (Lipinski definition) is 2. The molecular weight excluding hydrogens is 415 g/mol. The summed E-state index contributed by atoms with van der Waals surface area (Å²) < 4.78 is 13.5. The van der Waals surface area contributed by atoms with Crippen LogP contribution in [0.3, 0.4) is 0 Å². The van der Waals surface area contributed by atoms with Crippen molar-refractivity contribution in [3.63, 3.8) is 0 Å². The molecule has 5 rings (SSSR count). The highest BCUT2D eigenvalue weighted by molar-refractivity contribution is 5.94. The van der Waals surface area contributed by atoms with Crippen LogP contribution in [-0.2, 0) is 6.42 Å². The van der Waals surface area contributed by atoms with Crippen molar-refractivity contribution in [2.75, 3.05) is 5.32 Å². The molecule has 1 aliphatic carbocycles. The third-order valence-electron chi connectivity index (χ3n) is 5.83. The minimum Gasteiger partial charge on any atom is -0.345 e. The smallest absolute Gasteiger partial charge is 0.251 e.